The highest BCUT2D eigenvalue weighted by molar-refractivity contribution is 5.44. The molecule has 2 rings (SSSR count). The third-order valence-electron chi connectivity index (χ3n) is 3.77. The summed E-state index contributed by atoms with van der Waals surface area (Å²) in [6.45, 7) is 1.00. The topological polar surface area (TPSA) is 29.3 Å². The van der Waals surface area contributed by atoms with Crippen molar-refractivity contribution in [3.8, 4) is 0 Å². The van der Waals surface area contributed by atoms with E-state index in [-0.39, 0.29) is 0 Å². The molecule has 1 aromatic carbocycles. The lowest BCUT2D eigenvalue weighted by Gasteiger charge is -2.26. The van der Waals surface area contributed by atoms with Crippen LogP contribution in [0.1, 0.15) is 44.9 Å². The SMILES string of the molecule is NN(CC1CCCCCCC1)c1ccccc1. The second-order valence-corrected chi connectivity index (χ2v) is 5.20. The molecule has 0 unspecified atom stereocenters. The number of rotatable bonds is 3. The van der Waals surface area contributed by atoms with E-state index < -0.39 is 0 Å². The molecule has 1 aliphatic rings. The number of hydrogen-bond donors (Lipinski definition) is 1. The van der Waals surface area contributed by atoms with Crippen LogP contribution in [-0.4, -0.2) is 6.54 Å². The molecule has 0 spiro atoms. The molecule has 0 heterocycles. The fraction of sp³-hybridized carbons (Fsp3) is 0.600. The maximum Gasteiger partial charge on any atom is 0.0517 e. The lowest BCUT2D eigenvalue weighted by Crippen LogP contribution is -2.36. The van der Waals surface area contributed by atoms with E-state index in [9.17, 15) is 0 Å². The first-order valence-electron chi connectivity index (χ1n) is 6.93. The van der Waals surface area contributed by atoms with E-state index in [1.54, 1.807) is 0 Å². The number of para-hydroxylation sites is 1. The average molecular weight is 232 g/mol. The van der Waals surface area contributed by atoms with Gasteiger partial charge < -0.3 is 5.01 Å². The van der Waals surface area contributed by atoms with E-state index in [1.165, 1.54) is 44.9 Å². The van der Waals surface area contributed by atoms with Crippen molar-refractivity contribution in [3.63, 3.8) is 0 Å². The van der Waals surface area contributed by atoms with E-state index in [4.69, 9.17) is 5.84 Å². The van der Waals surface area contributed by atoms with E-state index in [1.807, 2.05) is 23.2 Å². The highest BCUT2D eigenvalue weighted by atomic mass is 15.4. The summed E-state index contributed by atoms with van der Waals surface area (Å²) in [4.78, 5) is 0. The normalized spacial score (nSPS) is 18.4. The minimum Gasteiger partial charge on any atom is -0.311 e. The van der Waals surface area contributed by atoms with Crippen molar-refractivity contribution in [2.24, 2.45) is 11.8 Å². The molecule has 1 fully saturated rings. The van der Waals surface area contributed by atoms with Gasteiger partial charge in [0.25, 0.3) is 0 Å². The van der Waals surface area contributed by atoms with Crippen molar-refractivity contribution in [1.82, 2.24) is 0 Å². The zero-order chi connectivity index (χ0) is 11.9. The van der Waals surface area contributed by atoms with Crippen LogP contribution in [-0.2, 0) is 0 Å². The zero-order valence-electron chi connectivity index (χ0n) is 10.6. The molecule has 94 valence electrons. The van der Waals surface area contributed by atoms with Crippen LogP contribution >= 0.6 is 0 Å². The number of hydrazine groups is 1. The first-order valence-corrected chi connectivity index (χ1v) is 6.93. The van der Waals surface area contributed by atoms with E-state index in [0.717, 1.165) is 18.2 Å². The molecule has 0 amide bonds. The van der Waals surface area contributed by atoms with Crippen LogP contribution in [0.4, 0.5) is 5.69 Å². The predicted molar refractivity (Wildman–Crippen MR) is 73.8 cm³/mol. The van der Waals surface area contributed by atoms with Crippen molar-refractivity contribution < 1.29 is 0 Å². The zero-order valence-corrected chi connectivity index (χ0v) is 10.6. The van der Waals surface area contributed by atoms with Gasteiger partial charge in [-0.05, 0) is 30.9 Å². The Labute approximate surface area is 105 Å². The van der Waals surface area contributed by atoms with Gasteiger partial charge in [0.2, 0.25) is 0 Å². The highest BCUT2D eigenvalue weighted by Crippen LogP contribution is 2.23. The first kappa shape index (κ1) is 12.4. The number of nitrogens with two attached hydrogens (primary N) is 1. The van der Waals surface area contributed by atoms with Crippen LogP contribution in [0.3, 0.4) is 0 Å². The summed E-state index contributed by atoms with van der Waals surface area (Å²) in [5.41, 5.74) is 1.13. The molecule has 2 nitrogen and oxygen atoms in total. The van der Waals surface area contributed by atoms with Gasteiger partial charge in [-0.15, -0.1) is 0 Å². The molecule has 0 bridgehead atoms. The monoisotopic (exact) mass is 232 g/mol. The molecule has 0 atom stereocenters. The molecule has 1 aromatic rings. The van der Waals surface area contributed by atoms with Crippen molar-refractivity contribution >= 4 is 5.69 Å². The third-order valence-corrected chi connectivity index (χ3v) is 3.77. The van der Waals surface area contributed by atoms with E-state index in [2.05, 4.69) is 12.1 Å². The molecule has 2 N–H and O–H groups in total. The molecular formula is C15H24N2. The van der Waals surface area contributed by atoms with Crippen LogP contribution < -0.4 is 10.9 Å². The Kier molecular flexibility index (Phi) is 4.87. The molecule has 0 radical (unpaired) electrons. The van der Waals surface area contributed by atoms with Crippen LogP contribution in [0.25, 0.3) is 0 Å². The van der Waals surface area contributed by atoms with Crippen LogP contribution in [0.15, 0.2) is 30.3 Å². The summed E-state index contributed by atoms with van der Waals surface area (Å²) in [5.74, 6) is 6.93. The fourth-order valence-corrected chi connectivity index (χ4v) is 2.73. The molecule has 1 aliphatic carbocycles. The second-order valence-electron chi connectivity index (χ2n) is 5.20. The number of nitrogens with zero attached hydrogens (tertiary/aromatic N) is 1. The Balaban J connectivity index is 1.86. The third kappa shape index (κ3) is 4.04. The van der Waals surface area contributed by atoms with Crippen molar-refractivity contribution in [2.45, 2.75) is 44.9 Å². The maximum absolute atomic E-state index is 6.15. The Morgan fingerprint density at radius 3 is 2.18 bits per heavy atom. The minimum absolute atomic E-state index is 0.778. The second kappa shape index (κ2) is 6.65. The van der Waals surface area contributed by atoms with Gasteiger partial charge in [0.1, 0.15) is 0 Å². The summed E-state index contributed by atoms with van der Waals surface area (Å²) in [7, 11) is 0. The van der Waals surface area contributed by atoms with Crippen molar-refractivity contribution in [3.05, 3.63) is 30.3 Å². The molecular weight excluding hydrogens is 208 g/mol. The van der Waals surface area contributed by atoms with Gasteiger partial charge in [0, 0.05) is 6.54 Å². The van der Waals surface area contributed by atoms with Gasteiger partial charge in [-0.2, -0.15) is 0 Å². The standard InChI is InChI=1S/C15H24N2/c16-17(15-11-7-4-8-12-15)13-14-9-5-2-1-3-6-10-14/h4,7-8,11-12,14H,1-3,5-6,9-10,13,16H2. The van der Waals surface area contributed by atoms with Gasteiger partial charge in [0.05, 0.1) is 5.69 Å². The van der Waals surface area contributed by atoms with Crippen LogP contribution in [0.2, 0.25) is 0 Å². The maximum atomic E-state index is 6.15. The Hall–Kier alpha value is -1.02. The minimum atomic E-state index is 0.778. The highest BCUT2D eigenvalue weighted by Gasteiger charge is 2.14. The van der Waals surface area contributed by atoms with Gasteiger partial charge in [-0.3, -0.25) is 0 Å². The number of benzene rings is 1. The quantitative estimate of drug-likeness (QED) is 0.635. The van der Waals surface area contributed by atoms with Crippen molar-refractivity contribution in [1.29, 1.82) is 0 Å². The number of anilines is 1. The molecule has 0 aromatic heterocycles. The number of hydrogen-bond acceptors (Lipinski definition) is 2. The summed E-state index contributed by atoms with van der Waals surface area (Å²) >= 11 is 0. The first-order chi connectivity index (χ1) is 8.36. The van der Waals surface area contributed by atoms with Crippen LogP contribution in [0, 0.1) is 5.92 Å². The van der Waals surface area contributed by atoms with E-state index in [0.29, 0.717) is 0 Å². The Bertz CT molecular complexity index is 302. The summed E-state index contributed by atoms with van der Waals surface area (Å²) in [6, 6.07) is 10.3. The van der Waals surface area contributed by atoms with Crippen LogP contribution in [0.5, 0.6) is 0 Å². The molecule has 0 aliphatic heterocycles. The van der Waals surface area contributed by atoms with Gasteiger partial charge in [0.15, 0.2) is 0 Å². The lowest BCUT2D eigenvalue weighted by molar-refractivity contribution is 0.378. The lowest BCUT2D eigenvalue weighted by atomic mass is 9.91. The van der Waals surface area contributed by atoms with Gasteiger partial charge in [-0.25, -0.2) is 5.84 Å². The smallest absolute Gasteiger partial charge is 0.0517 e. The molecule has 2 heteroatoms. The predicted octanol–water partition coefficient (Wildman–Crippen LogP) is 3.73. The Morgan fingerprint density at radius 2 is 1.53 bits per heavy atom. The average Bonchev–Trinajstić information content (AvgIpc) is 2.33. The van der Waals surface area contributed by atoms with Gasteiger partial charge in [-0.1, -0.05) is 50.3 Å². The van der Waals surface area contributed by atoms with E-state index >= 15 is 0 Å². The molecule has 0 saturated heterocycles. The largest absolute Gasteiger partial charge is 0.311 e. The fourth-order valence-electron chi connectivity index (χ4n) is 2.73. The summed E-state index contributed by atoms with van der Waals surface area (Å²) in [5, 5.41) is 1.92. The van der Waals surface area contributed by atoms with Crippen molar-refractivity contribution in [2.75, 3.05) is 11.6 Å². The molecule has 1 saturated carbocycles. The summed E-state index contributed by atoms with van der Waals surface area (Å²) < 4.78 is 0. The Morgan fingerprint density at radius 1 is 0.941 bits per heavy atom. The van der Waals surface area contributed by atoms with Gasteiger partial charge >= 0.3 is 0 Å². The summed E-state index contributed by atoms with van der Waals surface area (Å²) in [6.07, 6.45) is 9.71. The molecule has 17 heavy (non-hydrogen) atoms.